The average molecular weight is 299 g/mol. The lowest BCUT2D eigenvalue weighted by Gasteiger charge is -2.31. The maximum absolute atomic E-state index is 13.3. The third-order valence-electron chi connectivity index (χ3n) is 3.98. The summed E-state index contributed by atoms with van der Waals surface area (Å²) in [5.41, 5.74) is 0.902. The van der Waals surface area contributed by atoms with Gasteiger partial charge < -0.3 is 5.32 Å². The van der Waals surface area contributed by atoms with E-state index in [-0.39, 0.29) is 5.82 Å². The lowest BCUT2D eigenvalue weighted by molar-refractivity contribution is 0.186. The van der Waals surface area contributed by atoms with Crippen LogP contribution >= 0.6 is 11.6 Å². The van der Waals surface area contributed by atoms with E-state index in [9.17, 15) is 4.39 Å². The molecule has 1 heterocycles. The van der Waals surface area contributed by atoms with Gasteiger partial charge in [0.05, 0.1) is 0 Å². The van der Waals surface area contributed by atoms with Crippen molar-refractivity contribution in [3.63, 3.8) is 0 Å². The van der Waals surface area contributed by atoms with Gasteiger partial charge in [-0.25, -0.2) is 4.39 Å². The van der Waals surface area contributed by atoms with Crippen LogP contribution in [0.3, 0.4) is 0 Å². The molecule has 1 fully saturated rings. The molecule has 20 heavy (non-hydrogen) atoms. The lowest BCUT2D eigenvalue weighted by Crippen LogP contribution is -2.44. The molecular weight excluding hydrogens is 275 g/mol. The molecule has 1 N–H and O–H groups in total. The van der Waals surface area contributed by atoms with Crippen LogP contribution in [0.25, 0.3) is 0 Å². The van der Waals surface area contributed by atoms with Crippen LogP contribution in [0.5, 0.6) is 0 Å². The minimum absolute atomic E-state index is 0.269. The van der Waals surface area contributed by atoms with Crippen molar-refractivity contribution < 1.29 is 4.39 Å². The molecule has 0 bridgehead atoms. The summed E-state index contributed by atoms with van der Waals surface area (Å²) in [5, 5.41) is 3.91. The topological polar surface area (TPSA) is 15.3 Å². The molecule has 0 aromatic heterocycles. The number of hydrogen-bond donors (Lipinski definition) is 1. The van der Waals surface area contributed by atoms with Crippen LogP contribution in [0.2, 0.25) is 5.02 Å². The van der Waals surface area contributed by atoms with Crippen molar-refractivity contribution in [1.29, 1.82) is 0 Å². The average Bonchev–Trinajstić information content (AvgIpc) is 2.86. The Hall–Kier alpha value is -0.640. The van der Waals surface area contributed by atoms with Crippen molar-refractivity contribution >= 4 is 11.6 Å². The minimum Gasteiger partial charge on any atom is -0.311 e. The molecule has 1 aliphatic rings. The summed E-state index contributed by atoms with van der Waals surface area (Å²) in [7, 11) is 0. The van der Waals surface area contributed by atoms with E-state index in [0.29, 0.717) is 23.5 Å². The van der Waals surface area contributed by atoms with Gasteiger partial charge in [0, 0.05) is 24.2 Å². The fourth-order valence-electron chi connectivity index (χ4n) is 2.94. The SMILES string of the molecule is CC(C)C(CNCc1cc(F)cc(Cl)c1)N1CCCC1. The van der Waals surface area contributed by atoms with E-state index in [0.717, 1.165) is 12.1 Å². The van der Waals surface area contributed by atoms with Gasteiger partial charge in [0.1, 0.15) is 5.82 Å². The highest BCUT2D eigenvalue weighted by molar-refractivity contribution is 6.30. The van der Waals surface area contributed by atoms with Crippen LogP contribution in [0, 0.1) is 11.7 Å². The smallest absolute Gasteiger partial charge is 0.125 e. The molecule has 0 amide bonds. The van der Waals surface area contributed by atoms with Crippen molar-refractivity contribution in [2.75, 3.05) is 19.6 Å². The summed E-state index contributed by atoms with van der Waals surface area (Å²) in [5.74, 6) is 0.353. The molecule has 4 heteroatoms. The first-order valence-electron chi connectivity index (χ1n) is 7.46. The van der Waals surface area contributed by atoms with Crippen molar-refractivity contribution in [2.24, 2.45) is 5.92 Å². The van der Waals surface area contributed by atoms with Crippen LogP contribution in [-0.2, 0) is 6.54 Å². The summed E-state index contributed by atoms with van der Waals surface area (Å²) in [4.78, 5) is 2.57. The Balaban J connectivity index is 1.86. The first-order valence-corrected chi connectivity index (χ1v) is 7.84. The molecule has 2 rings (SSSR count). The Labute approximate surface area is 126 Å². The van der Waals surface area contributed by atoms with E-state index < -0.39 is 0 Å². The van der Waals surface area contributed by atoms with Gasteiger partial charge >= 0.3 is 0 Å². The molecule has 112 valence electrons. The highest BCUT2D eigenvalue weighted by atomic mass is 35.5. The third kappa shape index (κ3) is 4.44. The lowest BCUT2D eigenvalue weighted by atomic mass is 10.0. The second kappa shape index (κ2) is 7.39. The molecule has 1 unspecified atom stereocenters. The summed E-state index contributed by atoms with van der Waals surface area (Å²) in [6.45, 7) is 8.54. The normalized spacial score (nSPS) is 17.9. The molecule has 1 atom stereocenters. The number of hydrogen-bond acceptors (Lipinski definition) is 2. The predicted molar refractivity (Wildman–Crippen MR) is 82.5 cm³/mol. The largest absolute Gasteiger partial charge is 0.311 e. The van der Waals surface area contributed by atoms with E-state index >= 15 is 0 Å². The van der Waals surface area contributed by atoms with Crippen LogP contribution < -0.4 is 5.32 Å². The van der Waals surface area contributed by atoms with Crippen LogP contribution in [0.15, 0.2) is 18.2 Å². The Bertz CT molecular complexity index is 410. The second-order valence-corrected chi connectivity index (χ2v) is 6.40. The zero-order valence-electron chi connectivity index (χ0n) is 12.3. The van der Waals surface area contributed by atoms with Crippen LogP contribution in [0.4, 0.5) is 4.39 Å². The van der Waals surface area contributed by atoms with Gasteiger partial charge in [-0.2, -0.15) is 0 Å². The number of rotatable bonds is 6. The van der Waals surface area contributed by atoms with Gasteiger partial charge in [-0.3, -0.25) is 4.90 Å². The summed E-state index contributed by atoms with van der Waals surface area (Å²) in [6.07, 6.45) is 2.62. The molecule has 0 radical (unpaired) electrons. The van der Waals surface area contributed by atoms with Crippen molar-refractivity contribution in [2.45, 2.75) is 39.3 Å². The maximum atomic E-state index is 13.3. The molecule has 0 saturated carbocycles. The quantitative estimate of drug-likeness (QED) is 0.862. The Morgan fingerprint density at radius 2 is 1.95 bits per heavy atom. The maximum Gasteiger partial charge on any atom is 0.125 e. The molecule has 1 aliphatic heterocycles. The van der Waals surface area contributed by atoms with Crippen LogP contribution in [0.1, 0.15) is 32.3 Å². The van der Waals surface area contributed by atoms with E-state index in [4.69, 9.17) is 11.6 Å². The Morgan fingerprint density at radius 1 is 1.25 bits per heavy atom. The van der Waals surface area contributed by atoms with Crippen molar-refractivity contribution in [1.82, 2.24) is 10.2 Å². The molecule has 0 aliphatic carbocycles. The van der Waals surface area contributed by atoms with E-state index in [2.05, 4.69) is 24.1 Å². The molecule has 0 spiro atoms. The van der Waals surface area contributed by atoms with Gasteiger partial charge in [0.2, 0.25) is 0 Å². The standard InChI is InChI=1S/C16H24ClFN2/c1-12(2)16(20-5-3-4-6-20)11-19-10-13-7-14(17)9-15(18)8-13/h7-9,12,16,19H,3-6,10-11H2,1-2H3. The number of benzene rings is 1. The zero-order chi connectivity index (χ0) is 14.5. The highest BCUT2D eigenvalue weighted by Crippen LogP contribution is 2.18. The molecule has 1 aromatic carbocycles. The van der Waals surface area contributed by atoms with Gasteiger partial charge in [0.25, 0.3) is 0 Å². The predicted octanol–water partition coefficient (Wildman–Crippen LogP) is 3.69. The molecule has 2 nitrogen and oxygen atoms in total. The molecular formula is C16H24ClFN2. The highest BCUT2D eigenvalue weighted by Gasteiger charge is 2.23. The monoisotopic (exact) mass is 298 g/mol. The first kappa shape index (κ1) is 15.7. The number of likely N-dealkylation sites (tertiary alicyclic amines) is 1. The minimum atomic E-state index is -0.269. The van der Waals surface area contributed by atoms with Gasteiger partial charge in [0.15, 0.2) is 0 Å². The van der Waals surface area contributed by atoms with Crippen molar-refractivity contribution in [3.8, 4) is 0 Å². The van der Waals surface area contributed by atoms with Crippen molar-refractivity contribution in [3.05, 3.63) is 34.6 Å². The molecule has 1 saturated heterocycles. The Morgan fingerprint density at radius 3 is 2.55 bits per heavy atom. The van der Waals surface area contributed by atoms with E-state index in [1.807, 2.05) is 6.07 Å². The summed E-state index contributed by atoms with van der Waals surface area (Å²) < 4.78 is 13.3. The number of halogens is 2. The Kier molecular flexibility index (Phi) is 5.82. The third-order valence-corrected chi connectivity index (χ3v) is 4.20. The first-order chi connectivity index (χ1) is 9.56. The zero-order valence-corrected chi connectivity index (χ0v) is 13.1. The molecule has 1 aromatic rings. The summed E-state index contributed by atoms with van der Waals surface area (Å²) in [6, 6.07) is 5.25. The number of nitrogens with one attached hydrogen (secondary N) is 1. The second-order valence-electron chi connectivity index (χ2n) is 5.96. The van der Waals surface area contributed by atoms with E-state index in [1.165, 1.54) is 32.0 Å². The van der Waals surface area contributed by atoms with Crippen LogP contribution in [-0.4, -0.2) is 30.6 Å². The van der Waals surface area contributed by atoms with Gasteiger partial charge in [-0.1, -0.05) is 25.4 Å². The number of nitrogens with zero attached hydrogens (tertiary/aromatic N) is 1. The van der Waals surface area contributed by atoms with Gasteiger partial charge in [-0.05, 0) is 55.6 Å². The van der Waals surface area contributed by atoms with E-state index in [1.54, 1.807) is 6.07 Å². The van der Waals surface area contributed by atoms with Gasteiger partial charge in [-0.15, -0.1) is 0 Å². The summed E-state index contributed by atoms with van der Waals surface area (Å²) >= 11 is 5.87. The fourth-order valence-corrected chi connectivity index (χ4v) is 3.18. The fraction of sp³-hybridized carbons (Fsp3) is 0.625.